The third-order valence-electron chi connectivity index (χ3n) is 4.11. The van der Waals surface area contributed by atoms with E-state index in [0.717, 1.165) is 25.7 Å². The second kappa shape index (κ2) is 6.15. The van der Waals surface area contributed by atoms with Crippen LogP contribution in [0.5, 0.6) is 0 Å². The Labute approximate surface area is 124 Å². The van der Waals surface area contributed by atoms with Gasteiger partial charge >= 0.3 is 5.97 Å². The van der Waals surface area contributed by atoms with Crippen molar-refractivity contribution in [2.45, 2.75) is 43.4 Å². The summed E-state index contributed by atoms with van der Waals surface area (Å²) in [5.41, 5.74) is -0.994. The summed E-state index contributed by atoms with van der Waals surface area (Å²) in [6.07, 6.45) is 7.32. The second-order valence-corrected chi connectivity index (χ2v) is 7.44. The van der Waals surface area contributed by atoms with Crippen LogP contribution in [-0.4, -0.2) is 35.8 Å². The highest BCUT2D eigenvalue weighted by atomic mass is 32.2. The SMILES string of the molecule is Cn1cc(S(=O)(=O)NCC2(C(=O)O)CCCCCC2)cn1. The van der Waals surface area contributed by atoms with Crippen LogP contribution in [0.4, 0.5) is 0 Å². The van der Waals surface area contributed by atoms with Crippen LogP contribution in [0.1, 0.15) is 38.5 Å². The fourth-order valence-electron chi connectivity index (χ4n) is 2.73. The van der Waals surface area contributed by atoms with Crippen LogP contribution in [0.3, 0.4) is 0 Å². The number of carboxylic acid groups (broad SMARTS) is 1. The van der Waals surface area contributed by atoms with E-state index in [0.29, 0.717) is 12.8 Å². The smallest absolute Gasteiger partial charge is 0.310 e. The van der Waals surface area contributed by atoms with Crippen molar-refractivity contribution in [3.8, 4) is 0 Å². The zero-order valence-corrected chi connectivity index (χ0v) is 12.9. The fourth-order valence-corrected chi connectivity index (χ4v) is 3.84. The van der Waals surface area contributed by atoms with Crippen molar-refractivity contribution in [2.24, 2.45) is 12.5 Å². The van der Waals surface area contributed by atoms with Crippen LogP contribution < -0.4 is 4.72 Å². The lowest BCUT2D eigenvalue weighted by Crippen LogP contribution is -2.42. The Bertz CT molecular complexity index is 601. The van der Waals surface area contributed by atoms with Crippen LogP contribution >= 0.6 is 0 Å². The van der Waals surface area contributed by atoms with E-state index in [1.165, 1.54) is 17.1 Å². The average molecular weight is 315 g/mol. The van der Waals surface area contributed by atoms with E-state index < -0.39 is 21.4 Å². The summed E-state index contributed by atoms with van der Waals surface area (Å²) in [5.74, 6) is -0.918. The van der Waals surface area contributed by atoms with Crippen molar-refractivity contribution in [3.63, 3.8) is 0 Å². The lowest BCUT2D eigenvalue weighted by molar-refractivity contribution is -0.149. The van der Waals surface area contributed by atoms with Crippen molar-refractivity contribution < 1.29 is 18.3 Å². The van der Waals surface area contributed by atoms with E-state index in [1.807, 2.05) is 0 Å². The minimum Gasteiger partial charge on any atom is -0.481 e. The van der Waals surface area contributed by atoms with Gasteiger partial charge in [-0.25, -0.2) is 13.1 Å². The largest absolute Gasteiger partial charge is 0.481 e. The maximum atomic E-state index is 12.2. The lowest BCUT2D eigenvalue weighted by atomic mass is 9.80. The van der Waals surface area contributed by atoms with Gasteiger partial charge in [-0.1, -0.05) is 25.7 Å². The first-order valence-electron chi connectivity index (χ1n) is 7.07. The molecule has 0 amide bonds. The Morgan fingerprint density at radius 3 is 2.48 bits per heavy atom. The first-order chi connectivity index (χ1) is 9.86. The molecular formula is C13H21N3O4S. The molecule has 2 rings (SSSR count). The van der Waals surface area contributed by atoms with Crippen LogP contribution in [0.15, 0.2) is 17.3 Å². The number of aromatic nitrogens is 2. The topological polar surface area (TPSA) is 101 Å². The molecule has 1 aliphatic carbocycles. The molecule has 0 aromatic carbocycles. The maximum absolute atomic E-state index is 12.2. The molecule has 1 aromatic rings. The second-order valence-electron chi connectivity index (χ2n) is 5.67. The normalized spacial score (nSPS) is 19.1. The average Bonchev–Trinajstić information content (AvgIpc) is 2.73. The summed E-state index contributed by atoms with van der Waals surface area (Å²) >= 11 is 0. The molecule has 8 heteroatoms. The first-order valence-corrected chi connectivity index (χ1v) is 8.56. The number of aryl methyl sites for hydroxylation is 1. The number of hydrogen-bond acceptors (Lipinski definition) is 4. The third kappa shape index (κ3) is 3.62. The standard InChI is InChI=1S/C13H21N3O4S/c1-16-9-11(8-14-16)21(19,20)15-10-13(12(17)18)6-4-2-3-5-7-13/h8-9,15H,2-7,10H2,1H3,(H,17,18). The first kappa shape index (κ1) is 16.0. The Kier molecular flexibility index (Phi) is 4.67. The summed E-state index contributed by atoms with van der Waals surface area (Å²) in [6.45, 7) is -0.0699. The van der Waals surface area contributed by atoms with E-state index in [-0.39, 0.29) is 11.4 Å². The number of sulfonamides is 1. The van der Waals surface area contributed by atoms with Gasteiger partial charge in [-0.15, -0.1) is 0 Å². The van der Waals surface area contributed by atoms with E-state index in [4.69, 9.17) is 0 Å². The monoisotopic (exact) mass is 315 g/mol. The number of rotatable bonds is 5. The molecule has 21 heavy (non-hydrogen) atoms. The van der Waals surface area contributed by atoms with E-state index in [1.54, 1.807) is 7.05 Å². The Morgan fingerprint density at radius 2 is 2.00 bits per heavy atom. The molecule has 1 heterocycles. The van der Waals surface area contributed by atoms with Gasteiger partial charge in [-0.2, -0.15) is 5.10 Å². The highest BCUT2D eigenvalue weighted by molar-refractivity contribution is 7.89. The van der Waals surface area contributed by atoms with Gasteiger partial charge < -0.3 is 5.11 Å². The van der Waals surface area contributed by atoms with Gasteiger partial charge in [0, 0.05) is 19.8 Å². The number of carboxylic acids is 1. The molecule has 0 spiro atoms. The summed E-state index contributed by atoms with van der Waals surface area (Å²) in [5, 5.41) is 13.4. The van der Waals surface area contributed by atoms with Crippen molar-refractivity contribution in [3.05, 3.63) is 12.4 Å². The van der Waals surface area contributed by atoms with Crippen molar-refractivity contribution in [1.82, 2.24) is 14.5 Å². The van der Waals surface area contributed by atoms with Gasteiger partial charge in [0.15, 0.2) is 0 Å². The summed E-state index contributed by atoms with van der Waals surface area (Å²) in [6, 6.07) is 0. The van der Waals surface area contributed by atoms with E-state index in [9.17, 15) is 18.3 Å². The van der Waals surface area contributed by atoms with Crippen LogP contribution in [0.25, 0.3) is 0 Å². The van der Waals surface area contributed by atoms with E-state index >= 15 is 0 Å². The number of aliphatic carboxylic acids is 1. The molecule has 0 unspecified atom stereocenters. The number of nitrogens with zero attached hydrogens (tertiary/aromatic N) is 2. The Balaban J connectivity index is 2.13. The summed E-state index contributed by atoms with van der Waals surface area (Å²) in [7, 11) is -2.09. The molecule has 1 aromatic heterocycles. The molecule has 7 nitrogen and oxygen atoms in total. The van der Waals surface area contributed by atoms with Crippen LogP contribution in [0, 0.1) is 5.41 Å². The minimum atomic E-state index is -3.72. The third-order valence-corrected chi connectivity index (χ3v) is 5.46. The number of carbonyl (C=O) groups is 1. The highest BCUT2D eigenvalue weighted by Gasteiger charge is 2.39. The zero-order valence-electron chi connectivity index (χ0n) is 12.1. The van der Waals surface area contributed by atoms with Crippen molar-refractivity contribution in [1.29, 1.82) is 0 Å². The fraction of sp³-hybridized carbons (Fsp3) is 0.692. The summed E-state index contributed by atoms with van der Waals surface area (Å²) in [4.78, 5) is 11.7. The molecule has 0 bridgehead atoms. The van der Waals surface area contributed by atoms with Crippen molar-refractivity contribution in [2.75, 3.05) is 6.54 Å². The predicted octanol–water partition coefficient (Wildman–Crippen LogP) is 1.12. The van der Waals surface area contributed by atoms with Gasteiger partial charge in [-0.3, -0.25) is 9.48 Å². The van der Waals surface area contributed by atoms with Gasteiger partial charge in [0.2, 0.25) is 10.0 Å². The van der Waals surface area contributed by atoms with E-state index in [2.05, 4.69) is 9.82 Å². The van der Waals surface area contributed by atoms with Gasteiger partial charge in [0.25, 0.3) is 0 Å². The van der Waals surface area contributed by atoms with Crippen LogP contribution in [-0.2, 0) is 21.9 Å². The lowest BCUT2D eigenvalue weighted by Gasteiger charge is -2.27. The molecule has 1 saturated carbocycles. The molecular weight excluding hydrogens is 294 g/mol. The quantitative estimate of drug-likeness (QED) is 0.793. The molecule has 2 N–H and O–H groups in total. The zero-order chi connectivity index (χ0) is 15.5. The van der Waals surface area contributed by atoms with Crippen molar-refractivity contribution >= 4 is 16.0 Å². The Morgan fingerprint density at radius 1 is 1.38 bits per heavy atom. The molecule has 1 aliphatic rings. The summed E-state index contributed by atoms with van der Waals surface area (Å²) < 4.78 is 28.2. The predicted molar refractivity (Wildman–Crippen MR) is 76.2 cm³/mol. The van der Waals surface area contributed by atoms with Gasteiger partial charge in [0.05, 0.1) is 11.6 Å². The minimum absolute atomic E-state index is 0.0548. The molecule has 0 aliphatic heterocycles. The van der Waals surface area contributed by atoms with Crippen LogP contribution in [0.2, 0.25) is 0 Å². The maximum Gasteiger partial charge on any atom is 0.310 e. The van der Waals surface area contributed by atoms with Gasteiger partial charge in [-0.05, 0) is 12.8 Å². The van der Waals surface area contributed by atoms with Gasteiger partial charge in [0.1, 0.15) is 4.90 Å². The molecule has 0 saturated heterocycles. The molecule has 118 valence electrons. The number of hydrogen-bond donors (Lipinski definition) is 2. The molecule has 1 fully saturated rings. The molecule has 0 radical (unpaired) electrons. The molecule has 0 atom stereocenters. The highest BCUT2D eigenvalue weighted by Crippen LogP contribution is 2.35. The number of nitrogens with one attached hydrogen (secondary N) is 1. The Hall–Kier alpha value is -1.41.